The number of thiocyanates is 1. The van der Waals surface area contributed by atoms with E-state index in [-0.39, 0.29) is 0 Å². The lowest BCUT2D eigenvalue weighted by molar-refractivity contribution is -0.877. The molecule has 19 heavy (non-hydrogen) atoms. The van der Waals surface area contributed by atoms with Crippen LogP contribution >= 0.6 is 11.8 Å². The van der Waals surface area contributed by atoms with Gasteiger partial charge in [0.25, 0.3) is 0 Å². The molecule has 0 radical (unpaired) electrons. The Labute approximate surface area is 125 Å². The lowest BCUT2D eigenvalue weighted by atomic mass is 10.1. The minimum absolute atomic E-state index is 0.911. The van der Waals surface area contributed by atoms with E-state index in [4.69, 9.17) is 5.26 Å². The van der Waals surface area contributed by atoms with E-state index in [0.717, 1.165) is 10.4 Å². The first-order chi connectivity index (χ1) is 9.12. The van der Waals surface area contributed by atoms with Crippen LogP contribution in [0.25, 0.3) is 0 Å². The van der Waals surface area contributed by atoms with Crippen LogP contribution in [-0.2, 0) is 0 Å². The predicted molar refractivity (Wildman–Crippen MR) is 86.9 cm³/mol. The molecule has 0 N–H and O–H groups in total. The highest BCUT2D eigenvalue weighted by Gasteiger charge is 2.13. The van der Waals surface area contributed by atoms with Gasteiger partial charge in [0, 0.05) is 11.8 Å². The maximum absolute atomic E-state index is 8.58. The second kappa shape index (κ2) is 12.8. The van der Waals surface area contributed by atoms with Crippen molar-refractivity contribution >= 4 is 11.8 Å². The van der Waals surface area contributed by atoms with Gasteiger partial charge in [0.15, 0.2) is 0 Å². The highest BCUT2D eigenvalue weighted by atomic mass is 32.2. The molecule has 0 rings (SSSR count). The molecule has 3 heteroatoms. The first-order valence-electron chi connectivity index (χ1n) is 7.95. The zero-order valence-corrected chi connectivity index (χ0v) is 14.1. The summed E-state index contributed by atoms with van der Waals surface area (Å²) in [7, 11) is 4.44. The Kier molecular flexibility index (Phi) is 12.7. The van der Waals surface area contributed by atoms with Crippen LogP contribution in [0.4, 0.5) is 0 Å². The first-order valence-corrected chi connectivity index (χ1v) is 8.94. The lowest BCUT2D eigenvalue weighted by Crippen LogP contribution is -2.39. The van der Waals surface area contributed by atoms with Crippen LogP contribution in [0.3, 0.4) is 0 Å². The molecule has 0 fully saturated rings. The van der Waals surface area contributed by atoms with Crippen molar-refractivity contribution in [3.63, 3.8) is 0 Å². The molecule has 0 atom stereocenters. The van der Waals surface area contributed by atoms with E-state index in [0.29, 0.717) is 0 Å². The van der Waals surface area contributed by atoms with Crippen molar-refractivity contribution in [3.8, 4) is 5.40 Å². The monoisotopic (exact) mass is 285 g/mol. The normalized spacial score (nSPS) is 11.5. The number of hydrogen-bond acceptors (Lipinski definition) is 2. The number of nitriles is 1. The molecule has 0 bridgehead atoms. The number of quaternary nitrogens is 1. The molecule has 0 saturated heterocycles. The van der Waals surface area contributed by atoms with Gasteiger partial charge in [-0.1, -0.05) is 58.3 Å². The molecular weight excluding hydrogens is 252 g/mol. The van der Waals surface area contributed by atoms with Gasteiger partial charge in [-0.3, -0.25) is 0 Å². The van der Waals surface area contributed by atoms with Gasteiger partial charge in [-0.2, -0.15) is 5.26 Å². The zero-order chi connectivity index (χ0) is 14.4. The second-order valence-electron chi connectivity index (χ2n) is 6.21. The Morgan fingerprint density at radius 1 is 0.842 bits per heavy atom. The molecule has 0 saturated carbocycles. The SMILES string of the molecule is CCCCCCCCCCCC[N+](C)(C)CSC#N. The van der Waals surface area contributed by atoms with Gasteiger partial charge in [-0.15, -0.1) is 0 Å². The lowest BCUT2D eigenvalue weighted by Gasteiger charge is -2.28. The summed E-state index contributed by atoms with van der Waals surface area (Å²) in [5.74, 6) is 0.911. The van der Waals surface area contributed by atoms with Gasteiger partial charge in [0.1, 0.15) is 11.3 Å². The average Bonchev–Trinajstić information content (AvgIpc) is 2.38. The summed E-state index contributed by atoms with van der Waals surface area (Å²) < 4.78 is 0.968. The molecule has 112 valence electrons. The van der Waals surface area contributed by atoms with E-state index in [2.05, 4.69) is 26.4 Å². The van der Waals surface area contributed by atoms with Crippen molar-refractivity contribution < 1.29 is 4.48 Å². The average molecular weight is 286 g/mol. The van der Waals surface area contributed by atoms with Crippen LogP contribution in [0, 0.1) is 10.7 Å². The molecule has 0 aliphatic heterocycles. The fourth-order valence-corrected chi connectivity index (χ4v) is 2.83. The molecule has 0 spiro atoms. The largest absolute Gasteiger partial charge is 0.319 e. The van der Waals surface area contributed by atoms with Gasteiger partial charge in [0.05, 0.1) is 20.6 Å². The summed E-state index contributed by atoms with van der Waals surface area (Å²) in [6.07, 6.45) is 13.9. The molecule has 0 aromatic heterocycles. The topological polar surface area (TPSA) is 23.8 Å². The van der Waals surface area contributed by atoms with E-state index in [1.165, 1.54) is 82.5 Å². The third-order valence-corrected chi connectivity index (χ3v) is 4.55. The fourth-order valence-electron chi connectivity index (χ4n) is 2.30. The molecule has 0 aliphatic carbocycles. The van der Waals surface area contributed by atoms with Crippen molar-refractivity contribution in [2.24, 2.45) is 0 Å². The third kappa shape index (κ3) is 14.0. The minimum atomic E-state index is 0.911. The van der Waals surface area contributed by atoms with Gasteiger partial charge in [-0.25, -0.2) is 0 Å². The van der Waals surface area contributed by atoms with Gasteiger partial charge >= 0.3 is 0 Å². The number of thioether (sulfide) groups is 1. The zero-order valence-electron chi connectivity index (χ0n) is 13.3. The Morgan fingerprint density at radius 3 is 1.79 bits per heavy atom. The number of unbranched alkanes of at least 4 members (excludes halogenated alkanes) is 9. The third-order valence-electron chi connectivity index (χ3n) is 3.60. The summed E-state index contributed by atoms with van der Waals surface area (Å²) in [4.78, 5) is 0. The van der Waals surface area contributed by atoms with Crippen LogP contribution < -0.4 is 0 Å². The molecule has 0 heterocycles. The molecule has 2 nitrogen and oxygen atoms in total. The highest BCUT2D eigenvalue weighted by molar-refractivity contribution is 8.03. The predicted octanol–water partition coefficient (Wildman–Crippen LogP) is 5.16. The first kappa shape index (κ1) is 18.8. The van der Waals surface area contributed by atoms with Crippen molar-refractivity contribution in [1.82, 2.24) is 0 Å². The van der Waals surface area contributed by atoms with Crippen LogP contribution in [0.1, 0.15) is 71.1 Å². The Morgan fingerprint density at radius 2 is 1.32 bits per heavy atom. The second-order valence-corrected chi connectivity index (χ2v) is 6.94. The van der Waals surface area contributed by atoms with E-state index in [1.54, 1.807) is 0 Å². The molecule has 0 aliphatic rings. The Balaban J connectivity index is 3.24. The van der Waals surface area contributed by atoms with E-state index in [1.807, 2.05) is 0 Å². The summed E-state index contributed by atoms with van der Waals surface area (Å²) in [6, 6.07) is 0. The molecule has 0 aromatic carbocycles. The van der Waals surface area contributed by atoms with Crippen molar-refractivity contribution in [2.75, 3.05) is 26.5 Å². The molecule has 0 unspecified atom stereocenters. The minimum Gasteiger partial charge on any atom is -0.319 e. The summed E-state index contributed by atoms with van der Waals surface area (Å²) in [5, 5.41) is 10.7. The molecule has 0 amide bonds. The van der Waals surface area contributed by atoms with Crippen molar-refractivity contribution in [1.29, 1.82) is 5.26 Å². The van der Waals surface area contributed by atoms with Crippen LogP contribution in [0.15, 0.2) is 0 Å². The Hall–Kier alpha value is -0.200. The van der Waals surface area contributed by atoms with Gasteiger partial charge in [0.2, 0.25) is 0 Å². The maximum atomic E-state index is 8.58. The van der Waals surface area contributed by atoms with Crippen molar-refractivity contribution in [3.05, 3.63) is 0 Å². The van der Waals surface area contributed by atoms with Crippen molar-refractivity contribution in [2.45, 2.75) is 71.1 Å². The van der Waals surface area contributed by atoms with Gasteiger partial charge < -0.3 is 4.48 Å². The molecular formula is C16H33N2S+. The summed E-state index contributed by atoms with van der Waals surface area (Å²) in [6.45, 7) is 3.47. The van der Waals surface area contributed by atoms with E-state index >= 15 is 0 Å². The maximum Gasteiger partial charge on any atom is 0.139 e. The smallest absolute Gasteiger partial charge is 0.139 e. The number of rotatable bonds is 13. The fraction of sp³-hybridized carbons (Fsp3) is 0.938. The van der Waals surface area contributed by atoms with Crippen LogP contribution in [0.2, 0.25) is 0 Å². The highest BCUT2D eigenvalue weighted by Crippen LogP contribution is 2.13. The summed E-state index contributed by atoms with van der Waals surface area (Å²) in [5.41, 5.74) is 0. The van der Waals surface area contributed by atoms with Crippen LogP contribution in [-0.4, -0.2) is 31.0 Å². The van der Waals surface area contributed by atoms with E-state index in [9.17, 15) is 0 Å². The van der Waals surface area contributed by atoms with Crippen LogP contribution in [0.5, 0.6) is 0 Å². The van der Waals surface area contributed by atoms with E-state index < -0.39 is 0 Å². The quantitative estimate of drug-likeness (QED) is 0.202. The van der Waals surface area contributed by atoms with Gasteiger partial charge in [-0.05, 0) is 12.8 Å². The Bertz CT molecular complexity index is 233. The number of hydrogen-bond donors (Lipinski definition) is 0. The summed E-state index contributed by atoms with van der Waals surface area (Å²) >= 11 is 1.37. The number of nitrogens with zero attached hydrogens (tertiary/aromatic N) is 2. The standard InChI is InChI=1S/C16H33N2S/c1-4-5-6-7-8-9-10-11-12-13-14-18(2,3)16-19-15-17/h4-14,16H2,1-3H3/q+1. The molecule has 0 aromatic rings.